The Morgan fingerprint density at radius 2 is 1.84 bits per heavy atom. The number of aromatic amines is 2. The molecule has 0 saturated heterocycles. The molecule has 0 aliphatic rings. The Bertz CT molecular complexity index is 1170. The molecule has 3 aromatic rings. The monoisotopic (exact) mass is 478 g/mol. The number of aromatic hydroxyl groups is 1. The summed E-state index contributed by atoms with van der Waals surface area (Å²) in [7, 11) is 0. The number of rotatable bonds is 3. The lowest BCUT2D eigenvalue weighted by Crippen LogP contribution is -2.14. The minimum Gasteiger partial charge on any atom is -0.507 e. The number of nitrogens with zero attached hydrogens (tertiary/aromatic N) is 1. The van der Waals surface area contributed by atoms with Crippen molar-refractivity contribution < 1.29 is 31.9 Å². The summed E-state index contributed by atoms with van der Waals surface area (Å²) in [5.41, 5.74) is -0.966. The normalized spacial score (nSPS) is 11.0. The van der Waals surface area contributed by atoms with Crippen molar-refractivity contribution in [1.29, 1.82) is 0 Å². The minimum absolute atomic E-state index is 0.0105. The SMILES string of the molecule is CCC(F)(F)F.Cc1[nH]nc(Cl)c1NC(=O)c1cc(F)c(-c2ccc(F)c(=O)[nH]2)cc1O. The highest BCUT2D eigenvalue weighted by molar-refractivity contribution is 6.33. The number of aromatic nitrogens is 3. The smallest absolute Gasteiger partial charge is 0.388 e. The third-order valence-corrected chi connectivity index (χ3v) is 4.30. The quantitative estimate of drug-likeness (QED) is 0.400. The van der Waals surface area contributed by atoms with Gasteiger partial charge in [0.1, 0.15) is 17.3 Å². The molecule has 0 radical (unpaired) electrons. The van der Waals surface area contributed by atoms with Crippen LogP contribution < -0.4 is 10.9 Å². The van der Waals surface area contributed by atoms with Crippen molar-refractivity contribution in [3.05, 3.63) is 62.7 Å². The molecule has 1 amide bonds. The van der Waals surface area contributed by atoms with E-state index in [0.717, 1.165) is 31.2 Å². The van der Waals surface area contributed by atoms with Crippen LogP contribution in [-0.2, 0) is 0 Å². The molecule has 0 aliphatic carbocycles. The third kappa shape index (κ3) is 6.06. The van der Waals surface area contributed by atoms with Crippen LogP contribution in [0.1, 0.15) is 29.4 Å². The Kier molecular flexibility index (Phi) is 7.62. The summed E-state index contributed by atoms with van der Waals surface area (Å²) in [6.07, 6.45) is -4.69. The predicted molar refractivity (Wildman–Crippen MR) is 107 cm³/mol. The van der Waals surface area contributed by atoms with E-state index < -0.39 is 41.4 Å². The van der Waals surface area contributed by atoms with Gasteiger partial charge in [0.2, 0.25) is 0 Å². The van der Waals surface area contributed by atoms with Crippen molar-refractivity contribution in [3.63, 3.8) is 0 Å². The Morgan fingerprint density at radius 3 is 2.34 bits per heavy atom. The molecule has 1 aromatic carbocycles. The number of aryl methyl sites for hydroxylation is 1. The molecule has 2 aromatic heterocycles. The van der Waals surface area contributed by atoms with Gasteiger partial charge in [-0.15, -0.1) is 0 Å². The number of pyridine rings is 1. The fourth-order valence-corrected chi connectivity index (χ4v) is 2.52. The number of carbonyl (C=O) groups is 1. The molecule has 0 spiro atoms. The molecule has 0 fully saturated rings. The van der Waals surface area contributed by atoms with E-state index in [1.807, 2.05) is 0 Å². The standard InChI is InChI=1S/C16H11ClF2N4O3.C3H5F3/c1-6-13(14(17)23-22-6)21-15(25)8-4-10(19)7(5-12(8)24)11-3-2-9(18)16(26)20-11;1-2-3(4,5)6/h2-5,24H,1H3,(H,20,26)(H,21,25)(H,22,23);2H2,1H3. The number of halogens is 6. The molecule has 0 unspecified atom stereocenters. The zero-order valence-electron chi connectivity index (χ0n) is 16.5. The molecule has 3 rings (SSSR count). The summed E-state index contributed by atoms with van der Waals surface area (Å²) < 4.78 is 59.8. The summed E-state index contributed by atoms with van der Waals surface area (Å²) in [6, 6.07) is 3.76. The van der Waals surface area contributed by atoms with Gasteiger partial charge in [0.15, 0.2) is 11.0 Å². The lowest BCUT2D eigenvalue weighted by Gasteiger charge is -2.10. The first kappa shape index (κ1) is 24.9. The Hall–Kier alpha value is -3.41. The lowest BCUT2D eigenvalue weighted by molar-refractivity contribution is -0.130. The van der Waals surface area contributed by atoms with Gasteiger partial charge in [-0.1, -0.05) is 18.5 Å². The fourth-order valence-electron chi connectivity index (χ4n) is 2.29. The van der Waals surface area contributed by atoms with Crippen LogP contribution in [0.25, 0.3) is 11.3 Å². The number of benzene rings is 1. The van der Waals surface area contributed by atoms with E-state index in [2.05, 4.69) is 20.5 Å². The highest BCUT2D eigenvalue weighted by Crippen LogP contribution is 2.30. The number of carbonyl (C=O) groups excluding carboxylic acids is 1. The number of hydrogen-bond acceptors (Lipinski definition) is 4. The van der Waals surface area contributed by atoms with Gasteiger partial charge in [0, 0.05) is 12.0 Å². The van der Waals surface area contributed by atoms with Crippen molar-refractivity contribution in [2.45, 2.75) is 26.4 Å². The van der Waals surface area contributed by atoms with E-state index in [-0.39, 0.29) is 27.7 Å². The van der Waals surface area contributed by atoms with Crippen LogP contribution in [0.5, 0.6) is 5.75 Å². The topological polar surface area (TPSA) is 111 Å². The first-order valence-corrected chi connectivity index (χ1v) is 9.22. The molecular weight excluding hydrogens is 463 g/mol. The minimum atomic E-state index is -3.96. The second kappa shape index (κ2) is 9.81. The number of phenolic OH excluding ortho intramolecular Hbond substituents is 1. The predicted octanol–water partition coefficient (Wildman–Crippen LogP) is 4.92. The van der Waals surface area contributed by atoms with E-state index >= 15 is 0 Å². The molecule has 2 heterocycles. The fraction of sp³-hybridized carbons (Fsp3) is 0.211. The van der Waals surface area contributed by atoms with Gasteiger partial charge in [-0.05, 0) is 31.2 Å². The summed E-state index contributed by atoms with van der Waals surface area (Å²) in [5.74, 6) is -3.28. The molecule has 0 aliphatic heterocycles. The van der Waals surface area contributed by atoms with Gasteiger partial charge in [-0.2, -0.15) is 18.3 Å². The number of hydrogen-bond donors (Lipinski definition) is 4. The van der Waals surface area contributed by atoms with Crippen LogP contribution in [0, 0.1) is 18.6 Å². The Morgan fingerprint density at radius 1 is 1.22 bits per heavy atom. The first-order chi connectivity index (χ1) is 14.8. The third-order valence-electron chi connectivity index (χ3n) is 4.02. The summed E-state index contributed by atoms with van der Waals surface area (Å²) in [6.45, 7) is 2.70. The van der Waals surface area contributed by atoms with Crippen molar-refractivity contribution in [2.24, 2.45) is 0 Å². The number of phenols is 1. The number of nitrogens with one attached hydrogen (secondary N) is 3. The molecule has 4 N–H and O–H groups in total. The summed E-state index contributed by atoms with van der Waals surface area (Å²) in [5, 5.41) is 18.8. The number of anilines is 1. The molecule has 0 saturated carbocycles. The molecule has 7 nitrogen and oxygen atoms in total. The van der Waals surface area contributed by atoms with Crippen LogP contribution in [0.3, 0.4) is 0 Å². The second-order valence-corrected chi connectivity index (χ2v) is 6.69. The van der Waals surface area contributed by atoms with Gasteiger partial charge in [0.05, 0.1) is 17.0 Å². The Balaban J connectivity index is 0.000000534. The molecule has 13 heteroatoms. The van der Waals surface area contributed by atoms with E-state index in [0.29, 0.717) is 5.69 Å². The average Bonchev–Trinajstić information content (AvgIpc) is 3.03. The van der Waals surface area contributed by atoms with E-state index in [1.54, 1.807) is 6.92 Å². The summed E-state index contributed by atoms with van der Waals surface area (Å²) >= 11 is 5.82. The van der Waals surface area contributed by atoms with E-state index in [9.17, 15) is 36.6 Å². The highest BCUT2D eigenvalue weighted by Gasteiger charge is 2.22. The molecule has 0 bridgehead atoms. The van der Waals surface area contributed by atoms with Crippen LogP contribution in [0.4, 0.5) is 27.6 Å². The summed E-state index contributed by atoms with van der Waals surface area (Å²) in [4.78, 5) is 25.8. The van der Waals surface area contributed by atoms with Gasteiger partial charge in [0.25, 0.3) is 11.5 Å². The second-order valence-electron chi connectivity index (χ2n) is 6.34. The van der Waals surface area contributed by atoms with Crippen LogP contribution in [0.15, 0.2) is 29.1 Å². The average molecular weight is 479 g/mol. The van der Waals surface area contributed by atoms with Crippen molar-refractivity contribution in [2.75, 3.05) is 5.32 Å². The van der Waals surface area contributed by atoms with Crippen LogP contribution >= 0.6 is 11.6 Å². The van der Waals surface area contributed by atoms with E-state index in [1.165, 1.54) is 0 Å². The largest absolute Gasteiger partial charge is 0.507 e. The van der Waals surface area contributed by atoms with Gasteiger partial charge >= 0.3 is 6.18 Å². The molecular formula is C19H16ClF5N4O3. The molecule has 32 heavy (non-hydrogen) atoms. The van der Waals surface area contributed by atoms with Crippen molar-refractivity contribution in [1.82, 2.24) is 15.2 Å². The van der Waals surface area contributed by atoms with Gasteiger partial charge in [-0.3, -0.25) is 14.7 Å². The van der Waals surface area contributed by atoms with Crippen molar-refractivity contribution >= 4 is 23.2 Å². The number of amides is 1. The zero-order chi connectivity index (χ0) is 24.2. The molecule has 172 valence electrons. The van der Waals surface area contributed by atoms with Crippen molar-refractivity contribution in [3.8, 4) is 17.0 Å². The first-order valence-electron chi connectivity index (χ1n) is 8.84. The van der Waals surface area contributed by atoms with Gasteiger partial charge in [-0.25, -0.2) is 8.78 Å². The zero-order valence-corrected chi connectivity index (χ0v) is 17.3. The van der Waals surface area contributed by atoms with Crippen LogP contribution in [-0.4, -0.2) is 32.4 Å². The maximum Gasteiger partial charge on any atom is 0.388 e. The number of alkyl halides is 3. The maximum absolute atomic E-state index is 14.4. The lowest BCUT2D eigenvalue weighted by atomic mass is 10.1. The highest BCUT2D eigenvalue weighted by atomic mass is 35.5. The van der Waals surface area contributed by atoms with Crippen LogP contribution in [0.2, 0.25) is 5.15 Å². The van der Waals surface area contributed by atoms with Gasteiger partial charge < -0.3 is 15.4 Å². The van der Waals surface area contributed by atoms with E-state index in [4.69, 9.17) is 11.6 Å². The Labute approximate surface area is 182 Å². The maximum atomic E-state index is 14.4. The number of H-pyrrole nitrogens is 2. The molecule has 0 atom stereocenters.